The van der Waals surface area contributed by atoms with Crippen LogP contribution in [0.2, 0.25) is 0 Å². The molecule has 0 aliphatic heterocycles. The maximum Gasteiger partial charge on any atom is 0.416 e. The van der Waals surface area contributed by atoms with Gasteiger partial charge in [-0.3, -0.25) is 0 Å². The number of nitrogens with one attached hydrogen (secondary N) is 1. The molecule has 2 N–H and O–H groups in total. The zero-order valence-electron chi connectivity index (χ0n) is 14.8. The average molecular weight is 377 g/mol. The van der Waals surface area contributed by atoms with E-state index in [-0.39, 0.29) is 11.5 Å². The Kier molecular flexibility index (Phi) is 5.85. The van der Waals surface area contributed by atoms with Crippen molar-refractivity contribution in [2.24, 2.45) is 0 Å². The van der Waals surface area contributed by atoms with Gasteiger partial charge in [0.2, 0.25) is 0 Å². The summed E-state index contributed by atoms with van der Waals surface area (Å²) >= 11 is 0. The molecular weight excluding hydrogens is 355 g/mol. The molecule has 1 aliphatic carbocycles. The average Bonchev–Trinajstić information content (AvgIpc) is 2.66. The number of alkyl halides is 3. The second-order valence-electron chi connectivity index (χ2n) is 7.05. The molecule has 6 heteroatoms. The zero-order valence-corrected chi connectivity index (χ0v) is 14.8. The molecule has 0 unspecified atom stereocenters. The predicted molar refractivity (Wildman–Crippen MR) is 96.7 cm³/mol. The number of rotatable bonds is 5. The van der Waals surface area contributed by atoms with Crippen molar-refractivity contribution in [1.29, 1.82) is 0 Å². The predicted octanol–water partition coefficient (Wildman–Crippen LogP) is 5.22. The van der Waals surface area contributed by atoms with Crippen molar-refractivity contribution in [2.45, 2.75) is 50.4 Å². The summed E-state index contributed by atoms with van der Waals surface area (Å²) in [6.45, 7) is 0.652. The van der Waals surface area contributed by atoms with Gasteiger partial charge in [0, 0.05) is 12.6 Å². The van der Waals surface area contributed by atoms with Crippen LogP contribution < -0.4 is 5.32 Å². The SMILES string of the molecule is O=C(O)c1ccc(CNC2CCC(c3cccc(C(F)(F)F)c3)CC2)cc1. The summed E-state index contributed by atoms with van der Waals surface area (Å²) < 4.78 is 38.7. The highest BCUT2D eigenvalue weighted by Gasteiger charge is 2.31. The molecule has 144 valence electrons. The molecule has 2 aromatic carbocycles. The third-order valence-electron chi connectivity index (χ3n) is 5.21. The zero-order chi connectivity index (χ0) is 19.4. The van der Waals surface area contributed by atoms with Crippen LogP contribution in [0.1, 0.15) is 58.6 Å². The molecule has 0 aromatic heterocycles. The van der Waals surface area contributed by atoms with Gasteiger partial charge in [0.05, 0.1) is 11.1 Å². The fourth-order valence-corrected chi connectivity index (χ4v) is 3.63. The number of hydrogen-bond donors (Lipinski definition) is 2. The van der Waals surface area contributed by atoms with Crippen molar-refractivity contribution in [3.05, 3.63) is 70.8 Å². The normalized spacial score (nSPS) is 20.4. The lowest BCUT2D eigenvalue weighted by molar-refractivity contribution is -0.137. The van der Waals surface area contributed by atoms with E-state index in [0.717, 1.165) is 42.9 Å². The first-order valence-corrected chi connectivity index (χ1v) is 9.05. The first-order chi connectivity index (χ1) is 12.8. The van der Waals surface area contributed by atoms with E-state index in [2.05, 4.69) is 5.32 Å². The number of hydrogen-bond acceptors (Lipinski definition) is 2. The monoisotopic (exact) mass is 377 g/mol. The molecule has 0 saturated heterocycles. The molecule has 2 aromatic rings. The van der Waals surface area contributed by atoms with Gasteiger partial charge in [-0.05, 0) is 60.9 Å². The number of carbonyl (C=O) groups is 1. The Balaban J connectivity index is 1.51. The van der Waals surface area contributed by atoms with Gasteiger partial charge < -0.3 is 10.4 Å². The topological polar surface area (TPSA) is 49.3 Å². The lowest BCUT2D eigenvalue weighted by Crippen LogP contribution is -2.32. The Bertz CT molecular complexity index is 779. The lowest BCUT2D eigenvalue weighted by Gasteiger charge is -2.30. The molecule has 0 amide bonds. The van der Waals surface area contributed by atoms with Crippen LogP contribution in [-0.2, 0) is 12.7 Å². The Hall–Kier alpha value is -2.34. The maximum absolute atomic E-state index is 12.9. The molecule has 0 heterocycles. The molecule has 0 bridgehead atoms. The minimum Gasteiger partial charge on any atom is -0.478 e. The smallest absolute Gasteiger partial charge is 0.416 e. The van der Waals surface area contributed by atoms with Gasteiger partial charge in [-0.15, -0.1) is 0 Å². The largest absolute Gasteiger partial charge is 0.478 e. The Labute approximate surface area is 156 Å². The number of halogens is 3. The molecule has 27 heavy (non-hydrogen) atoms. The molecule has 3 rings (SSSR count). The second-order valence-corrected chi connectivity index (χ2v) is 7.05. The molecule has 1 aliphatic rings. The summed E-state index contributed by atoms with van der Waals surface area (Å²) in [6, 6.07) is 12.8. The molecule has 0 radical (unpaired) electrons. The van der Waals surface area contributed by atoms with Crippen LogP contribution >= 0.6 is 0 Å². The van der Waals surface area contributed by atoms with E-state index in [0.29, 0.717) is 12.6 Å². The third-order valence-corrected chi connectivity index (χ3v) is 5.21. The Morgan fingerprint density at radius 2 is 1.70 bits per heavy atom. The molecule has 1 saturated carbocycles. The van der Waals surface area contributed by atoms with Gasteiger partial charge in [0.15, 0.2) is 0 Å². The summed E-state index contributed by atoms with van der Waals surface area (Å²) in [5.41, 5.74) is 1.47. The number of aromatic carboxylic acids is 1. The molecular formula is C21H22F3NO2. The third kappa shape index (κ3) is 5.10. The lowest BCUT2D eigenvalue weighted by atomic mass is 9.81. The highest BCUT2D eigenvalue weighted by Crippen LogP contribution is 2.36. The van der Waals surface area contributed by atoms with E-state index in [1.807, 2.05) is 0 Å². The van der Waals surface area contributed by atoms with Crippen LogP contribution in [0.15, 0.2) is 48.5 Å². The van der Waals surface area contributed by atoms with Crippen molar-refractivity contribution in [3.8, 4) is 0 Å². The fourth-order valence-electron chi connectivity index (χ4n) is 3.63. The number of carboxylic acid groups (broad SMARTS) is 1. The van der Waals surface area contributed by atoms with Gasteiger partial charge in [-0.1, -0.05) is 30.3 Å². The standard InChI is InChI=1S/C21H22F3NO2/c22-21(23,24)18-3-1-2-17(12-18)15-8-10-19(11-9-15)25-13-14-4-6-16(7-5-14)20(26)27/h1-7,12,15,19,25H,8-11,13H2,(H,26,27). The van der Waals surface area contributed by atoms with Crippen LogP contribution in [0.4, 0.5) is 13.2 Å². The summed E-state index contributed by atoms with van der Waals surface area (Å²) in [5.74, 6) is -0.775. The summed E-state index contributed by atoms with van der Waals surface area (Å²) in [7, 11) is 0. The minimum atomic E-state index is -4.30. The van der Waals surface area contributed by atoms with Crippen LogP contribution in [0.3, 0.4) is 0 Å². The van der Waals surface area contributed by atoms with Crippen molar-refractivity contribution in [3.63, 3.8) is 0 Å². The summed E-state index contributed by atoms with van der Waals surface area (Å²) in [6.07, 6.45) is -0.763. The van der Waals surface area contributed by atoms with E-state index in [4.69, 9.17) is 5.11 Å². The van der Waals surface area contributed by atoms with E-state index in [1.54, 1.807) is 30.3 Å². The van der Waals surface area contributed by atoms with Crippen LogP contribution in [0.5, 0.6) is 0 Å². The summed E-state index contributed by atoms with van der Waals surface area (Å²) in [5, 5.41) is 12.4. The van der Waals surface area contributed by atoms with Crippen LogP contribution in [0, 0.1) is 0 Å². The Morgan fingerprint density at radius 3 is 2.30 bits per heavy atom. The fraction of sp³-hybridized carbons (Fsp3) is 0.381. The second kappa shape index (κ2) is 8.13. The van der Waals surface area contributed by atoms with Crippen molar-refractivity contribution in [2.75, 3.05) is 0 Å². The van der Waals surface area contributed by atoms with E-state index >= 15 is 0 Å². The van der Waals surface area contributed by atoms with Gasteiger partial charge in [-0.25, -0.2) is 4.79 Å². The van der Waals surface area contributed by atoms with E-state index < -0.39 is 17.7 Å². The Morgan fingerprint density at radius 1 is 1.04 bits per heavy atom. The van der Waals surface area contributed by atoms with Crippen LogP contribution in [0.25, 0.3) is 0 Å². The van der Waals surface area contributed by atoms with Gasteiger partial charge in [-0.2, -0.15) is 13.2 Å². The molecule has 0 atom stereocenters. The molecule has 3 nitrogen and oxygen atoms in total. The van der Waals surface area contributed by atoms with Gasteiger partial charge in [0.1, 0.15) is 0 Å². The van der Waals surface area contributed by atoms with Crippen molar-refractivity contribution in [1.82, 2.24) is 5.32 Å². The summed E-state index contributed by atoms with van der Waals surface area (Å²) in [4.78, 5) is 10.9. The highest BCUT2D eigenvalue weighted by atomic mass is 19.4. The van der Waals surface area contributed by atoms with Crippen LogP contribution in [-0.4, -0.2) is 17.1 Å². The first kappa shape index (κ1) is 19.4. The molecule has 0 spiro atoms. The van der Waals surface area contributed by atoms with E-state index in [1.165, 1.54) is 12.1 Å². The number of carboxylic acids is 1. The molecule has 1 fully saturated rings. The highest BCUT2D eigenvalue weighted by molar-refractivity contribution is 5.87. The maximum atomic E-state index is 12.9. The quantitative estimate of drug-likeness (QED) is 0.751. The van der Waals surface area contributed by atoms with Crippen molar-refractivity contribution >= 4 is 5.97 Å². The first-order valence-electron chi connectivity index (χ1n) is 9.05. The minimum absolute atomic E-state index is 0.167. The van der Waals surface area contributed by atoms with E-state index in [9.17, 15) is 18.0 Å². The van der Waals surface area contributed by atoms with Gasteiger partial charge in [0.25, 0.3) is 0 Å². The van der Waals surface area contributed by atoms with Crippen molar-refractivity contribution < 1.29 is 23.1 Å². The van der Waals surface area contributed by atoms with Gasteiger partial charge >= 0.3 is 12.1 Å². The number of benzene rings is 2.